The molecular formula is C13H17ClFNO. The lowest BCUT2D eigenvalue weighted by molar-refractivity contribution is 0.115. The van der Waals surface area contributed by atoms with Crippen molar-refractivity contribution in [1.82, 2.24) is 4.90 Å². The van der Waals surface area contributed by atoms with Gasteiger partial charge in [-0.2, -0.15) is 0 Å². The molecule has 0 radical (unpaired) electrons. The molecule has 1 aliphatic carbocycles. The Bertz CT molecular complexity index is 418. The van der Waals surface area contributed by atoms with E-state index in [1.807, 2.05) is 14.1 Å². The quantitative estimate of drug-likeness (QED) is 0.897. The smallest absolute Gasteiger partial charge is 0.141 e. The molecule has 0 aromatic heterocycles. The van der Waals surface area contributed by atoms with Crippen LogP contribution in [0.2, 0.25) is 5.02 Å². The second-order valence-corrected chi connectivity index (χ2v) is 5.47. The average molecular weight is 258 g/mol. The molecule has 1 N–H and O–H groups in total. The summed E-state index contributed by atoms with van der Waals surface area (Å²) in [5.41, 5.74) is 0.887. The zero-order valence-corrected chi connectivity index (χ0v) is 10.8. The minimum atomic E-state index is -0.401. The van der Waals surface area contributed by atoms with Crippen molar-refractivity contribution >= 4 is 11.6 Å². The molecule has 0 saturated heterocycles. The van der Waals surface area contributed by atoms with E-state index in [2.05, 4.69) is 4.90 Å². The molecule has 1 fully saturated rings. The van der Waals surface area contributed by atoms with Gasteiger partial charge in [-0.1, -0.05) is 17.7 Å². The third-order valence-electron chi connectivity index (χ3n) is 3.56. The van der Waals surface area contributed by atoms with E-state index in [1.54, 1.807) is 12.1 Å². The lowest BCUT2D eigenvalue weighted by atomic mass is 9.90. The van der Waals surface area contributed by atoms with Crippen LogP contribution >= 0.6 is 11.6 Å². The predicted octanol–water partition coefficient (Wildman–Crippen LogP) is 2.85. The van der Waals surface area contributed by atoms with Gasteiger partial charge in [0.15, 0.2) is 0 Å². The van der Waals surface area contributed by atoms with Gasteiger partial charge in [0.25, 0.3) is 0 Å². The van der Waals surface area contributed by atoms with Crippen molar-refractivity contribution in [2.24, 2.45) is 5.41 Å². The van der Waals surface area contributed by atoms with Gasteiger partial charge in [0.2, 0.25) is 0 Å². The highest BCUT2D eigenvalue weighted by Gasteiger charge is 2.50. The van der Waals surface area contributed by atoms with E-state index >= 15 is 0 Å². The molecule has 17 heavy (non-hydrogen) atoms. The van der Waals surface area contributed by atoms with Crippen LogP contribution in [0.25, 0.3) is 0 Å². The summed E-state index contributed by atoms with van der Waals surface area (Å²) < 4.78 is 13.2. The van der Waals surface area contributed by atoms with Crippen LogP contribution in [0, 0.1) is 11.2 Å². The summed E-state index contributed by atoms with van der Waals surface area (Å²) >= 11 is 5.82. The molecule has 0 spiro atoms. The van der Waals surface area contributed by atoms with Gasteiger partial charge < -0.3 is 10.0 Å². The number of halogens is 2. The fourth-order valence-corrected chi connectivity index (χ4v) is 2.75. The highest BCUT2D eigenvalue weighted by atomic mass is 35.5. The maximum Gasteiger partial charge on any atom is 0.141 e. The second kappa shape index (κ2) is 4.56. The fourth-order valence-electron chi connectivity index (χ4n) is 2.56. The van der Waals surface area contributed by atoms with E-state index in [9.17, 15) is 9.50 Å². The molecular weight excluding hydrogens is 241 g/mol. The van der Waals surface area contributed by atoms with Crippen molar-refractivity contribution in [3.63, 3.8) is 0 Å². The monoisotopic (exact) mass is 257 g/mol. The van der Waals surface area contributed by atoms with Crippen molar-refractivity contribution in [3.05, 3.63) is 34.6 Å². The van der Waals surface area contributed by atoms with Crippen LogP contribution in [0.5, 0.6) is 0 Å². The number of aliphatic hydroxyl groups excluding tert-OH is 1. The standard InChI is InChI=1S/C13H17ClFNO/c1-16(2)12(13(8-17)5-6-13)9-3-4-11(15)10(14)7-9/h3-4,7,12,17H,5-6,8H2,1-2H3. The summed E-state index contributed by atoms with van der Waals surface area (Å²) in [5, 5.41) is 9.67. The highest BCUT2D eigenvalue weighted by Crippen LogP contribution is 2.56. The van der Waals surface area contributed by atoms with Crippen LogP contribution in [0.1, 0.15) is 24.4 Å². The maximum atomic E-state index is 13.2. The number of benzene rings is 1. The molecule has 0 aliphatic heterocycles. The van der Waals surface area contributed by atoms with Gasteiger partial charge in [0.05, 0.1) is 11.6 Å². The number of aliphatic hydroxyl groups is 1. The molecule has 4 heteroatoms. The van der Waals surface area contributed by atoms with Gasteiger partial charge in [-0.05, 0) is 44.6 Å². The third kappa shape index (κ3) is 2.32. The van der Waals surface area contributed by atoms with Crippen LogP contribution in [-0.2, 0) is 0 Å². The molecule has 1 aromatic carbocycles. The van der Waals surface area contributed by atoms with Crippen molar-refractivity contribution in [3.8, 4) is 0 Å². The van der Waals surface area contributed by atoms with Crippen molar-refractivity contribution in [2.75, 3.05) is 20.7 Å². The van der Waals surface area contributed by atoms with Crippen molar-refractivity contribution in [2.45, 2.75) is 18.9 Å². The van der Waals surface area contributed by atoms with E-state index in [1.165, 1.54) is 6.07 Å². The van der Waals surface area contributed by atoms with Crippen LogP contribution in [0.15, 0.2) is 18.2 Å². The molecule has 1 aliphatic rings. The van der Waals surface area contributed by atoms with Crippen LogP contribution < -0.4 is 0 Å². The number of rotatable bonds is 4. The molecule has 2 nitrogen and oxygen atoms in total. The third-order valence-corrected chi connectivity index (χ3v) is 3.85. The van der Waals surface area contributed by atoms with Crippen molar-refractivity contribution in [1.29, 1.82) is 0 Å². The number of hydrogen-bond donors (Lipinski definition) is 1. The molecule has 1 unspecified atom stereocenters. The van der Waals surface area contributed by atoms with Gasteiger partial charge in [-0.25, -0.2) is 4.39 Å². The Morgan fingerprint density at radius 3 is 2.53 bits per heavy atom. The van der Waals surface area contributed by atoms with E-state index in [-0.39, 0.29) is 23.1 Å². The summed E-state index contributed by atoms with van der Waals surface area (Å²) in [7, 11) is 3.94. The molecule has 0 heterocycles. The summed E-state index contributed by atoms with van der Waals surface area (Å²) in [4.78, 5) is 2.06. The number of hydrogen-bond acceptors (Lipinski definition) is 2. The first-order valence-corrected chi connectivity index (χ1v) is 6.10. The van der Waals surface area contributed by atoms with Gasteiger partial charge in [-0.15, -0.1) is 0 Å². The molecule has 94 valence electrons. The van der Waals surface area contributed by atoms with E-state index in [0.29, 0.717) is 0 Å². The fraction of sp³-hybridized carbons (Fsp3) is 0.538. The Labute approximate surface area is 106 Å². The van der Waals surface area contributed by atoms with E-state index in [0.717, 1.165) is 18.4 Å². The molecule has 1 saturated carbocycles. The molecule has 2 rings (SSSR count). The SMILES string of the molecule is CN(C)C(c1ccc(F)c(Cl)c1)C1(CO)CC1. The minimum absolute atomic E-state index is 0.0787. The Hall–Kier alpha value is -0.640. The van der Waals surface area contributed by atoms with Crippen molar-refractivity contribution < 1.29 is 9.50 Å². The molecule has 0 bridgehead atoms. The van der Waals surface area contributed by atoms with Gasteiger partial charge in [0.1, 0.15) is 5.82 Å². The average Bonchev–Trinajstić information content (AvgIpc) is 3.04. The minimum Gasteiger partial charge on any atom is -0.396 e. The zero-order valence-electron chi connectivity index (χ0n) is 10.1. The first-order valence-electron chi connectivity index (χ1n) is 5.72. The van der Waals surface area contributed by atoms with E-state index < -0.39 is 5.82 Å². The summed E-state index contributed by atoms with van der Waals surface area (Å²) in [6, 6.07) is 4.89. The topological polar surface area (TPSA) is 23.5 Å². The van der Waals surface area contributed by atoms with Crippen LogP contribution in [-0.4, -0.2) is 30.7 Å². The zero-order chi connectivity index (χ0) is 12.6. The van der Waals surface area contributed by atoms with Gasteiger partial charge >= 0.3 is 0 Å². The second-order valence-electron chi connectivity index (χ2n) is 5.06. The van der Waals surface area contributed by atoms with E-state index in [4.69, 9.17) is 11.6 Å². The van der Waals surface area contributed by atoms with Crippen LogP contribution in [0.3, 0.4) is 0 Å². The summed E-state index contributed by atoms with van der Waals surface area (Å²) in [6.07, 6.45) is 2.00. The predicted molar refractivity (Wildman–Crippen MR) is 66.6 cm³/mol. The largest absolute Gasteiger partial charge is 0.396 e. The number of nitrogens with zero attached hydrogens (tertiary/aromatic N) is 1. The van der Waals surface area contributed by atoms with Gasteiger partial charge in [0, 0.05) is 11.5 Å². The Kier molecular flexibility index (Phi) is 3.43. The Balaban J connectivity index is 2.36. The summed E-state index contributed by atoms with van der Waals surface area (Å²) in [6.45, 7) is 0.158. The van der Waals surface area contributed by atoms with Crippen LogP contribution in [0.4, 0.5) is 4.39 Å². The highest BCUT2D eigenvalue weighted by molar-refractivity contribution is 6.30. The first kappa shape index (κ1) is 12.8. The lowest BCUT2D eigenvalue weighted by Gasteiger charge is -2.32. The first-order chi connectivity index (χ1) is 8.00. The molecule has 1 aromatic rings. The molecule has 1 atom stereocenters. The van der Waals surface area contributed by atoms with Gasteiger partial charge in [-0.3, -0.25) is 0 Å². The summed E-state index contributed by atoms with van der Waals surface area (Å²) in [5.74, 6) is -0.401. The lowest BCUT2D eigenvalue weighted by Crippen LogP contribution is -2.31. The maximum absolute atomic E-state index is 13.2. The normalized spacial score (nSPS) is 19.4. The molecule has 0 amide bonds. The Morgan fingerprint density at radius 1 is 1.47 bits per heavy atom. The Morgan fingerprint density at radius 2 is 2.12 bits per heavy atom.